The van der Waals surface area contributed by atoms with Crippen molar-refractivity contribution in [1.82, 2.24) is 9.88 Å². The molecule has 1 aliphatic carbocycles. The smallest absolute Gasteiger partial charge is 0.124 e. The maximum Gasteiger partial charge on any atom is 0.124 e. The lowest BCUT2D eigenvalue weighted by Crippen LogP contribution is -2.28. The summed E-state index contributed by atoms with van der Waals surface area (Å²) in [6.07, 6.45) is 3.94. The maximum absolute atomic E-state index is 6.11. The van der Waals surface area contributed by atoms with Crippen molar-refractivity contribution in [3.63, 3.8) is 0 Å². The topological polar surface area (TPSA) is 51.4 Å². The molecule has 4 nitrogen and oxygen atoms in total. The van der Waals surface area contributed by atoms with E-state index in [1.54, 1.807) is 0 Å². The van der Waals surface area contributed by atoms with Crippen LogP contribution in [0.4, 0.5) is 5.82 Å². The highest BCUT2D eigenvalue weighted by atomic mass is 16.5. The third-order valence-electron chi connectivity index (χ3n) is 4.57. The molecule has 3 rings (SSSR count). The van der Waals surface area contributed by atoms with Gasteiger partial charge in [0, 0.05) is 12.1 Å². The van der Waals surface area contributed by atoms with Crippen LogP contribution in [0.15, 0.2) is 36.4 Å². The van der Waals surface area contributed by atoms with E-state index in [-0.39, 0.29) is 6.10 Å². The van der Waals surface area contributed by atoms with Crippen LogP contribution in [0.3, 0.4) is 0 Å². The fourth-order valence-electron chi connectivity index (χ4n) is 3.29. The molecule has 0 spiro atoms. The molecule has 1 heterocycles. The zero-order valence-corrected chi connectivity index (χ0v) is 14.8. The lowest BCUT2D eigenvalue weighted by molar-refractivity contribution is 0.176. The average molecular weight is 325 g/mol. The first-order valence-corrected chi connectivity index (χ1v) is 8.71. The molecule has 0 radical (unpaired) electrons. The first kappa shape index (κ1) is 16.8. The van der Waals surface area contributed by atoms with Gasteiger partial charge in [-0.3, -0.25) is 0 Å². The van der Waals surface area contributed by atoms with E-state index in [4.69, 9.17) is 10.5 Å². The van der Waals surface area contributed by atoms with Crippen molar-refractivity contribution in [2.24, 2.45) is 0 Å². The first-order valence-electron chi connectivity index (χ1n) is 8.71. The first-order chi connectivity index (χ1) is 11.5. The van der Waals surface area contributed by atoms with Gasteiger partial charge in [0.1, 0.15) is 17.7 Å². The van der Waals surface area contributed by atoms with Crippen LogP contribution in [0.2, 0.25) is 0 Å². The minimum absolute atomic E-state index is 0.158. The van der Waals surface area contributed by atoms with Gasteiger partial charge >= 0.3 is 0 Å². The van der Waals surface area contributed by atoms with Crippen molar-refractivity contribution >= 4 is 5.82 Å². The Morgan fingerprint density at radius 2 is 2.04 bits per heavy atom. The molecule has 1 saturated carbocycles. The summed E-state index contributed by atoms with van der Waals surface area (Å²) >= 11 is 0. The predicted molar refractivity (Wildman–Crippen MR) is 99.3 cm³/mol. The molecule has 0 aliphatic heterocycles. The van der Waals surface area contributed by atoms with Crippen molar-refractivity contribution in [3.05, 3.63) is 42.0 Å². The van der Waals surface area contributed by atoms with E-state index in [1.807, 2.05) is 18.2 Å². The van der Waals surface area contributed by atoms with Crippen LogP contribution in [0, 0.1) is 0 Å². The van der Waals surface area contributed by atoms with E-state index in [2.05, 4.69) is 49.1 Å². The molecule has 4 heteroatoms. The number of aromatic nitrogens is 1. The molecule has 1 aromatic carbocycles. The molecular weight excluding hydrogens is 298 g/mol. The summed E-state index contributed by atoms with van der Waals surface area (Å²) in [6.45, 7) is 3.01. The van der Waals surface area contributed by atoms with E-state index in [9.17, 15) is 0 Å². The van der Waals surface area contributed by atoms with E-state index in [1.165, 1.54) is 30.4 Å². The van der Waals surface area contributed by atoms with Gasteiger partial charge in [-0.25, -0.2) is 4.98 Å². The third-order valence-corrected chi connectivity index (χ3v) is 4.57. The van der Waals surface area contributed by atoms with Gasteiger partial charge in [0.15, 0.2) is 0 Å². The zero-order chi connectivity index (χ0) is 17.1. The number of ether oxygens (including phenoxy) is 1. The molecule has 2 N–H and O–H groups in total. The van der Waals surface area contributed by atoms with Gasteiger partial charge in [-0.2, -0.15) is 0 Å². The molecule has 0 bridgehead atoms. The second-order valence-corrected chi connectivity index (χ2v) is 7.02. The summed E-state index contributed by atoms with van der Waals surface area (Å²) in [5, 5.41) is 0. The normalized spacial score (nSPS) is 16.0. The van der Waals surface area contributed by atoms with E-state index >= 15 is 0 Å². The van der Waals surface area contributed by atoms with Crippen LogP contribution in [0.25, 0.3) is 11.3 Å². The summed E-state index contributed by atoms with van der Waals surface area (Å²) in [5.74, 6) is 2.11. The highest BCUT2D eigenvalue weighted by Crippen LogP contribution is 2.42. The standard InChI is InChI=1S/C20H27N3O/c1-14(13-23(2)3)24-16-10-11-17(18(12-16)15-6-4-7-15)19-8-5-9-20(21)22-19/h5,8-12,14-15H,4,6-7,13H2,1-3H3,(H2,21,22). The van der Waals surface area contributed by atoms with Gasteiger partial charge in [0.2, 0.25) is 0 Å². The highest BCUT2D eigenvalue weighted by molar-refractivity contribution is 5.67. The summed E-state index contributed by atoms with van der Waals surface area (Å²) in [7, 11) is 4.13. The summed E-state index contributed by atoms with van der Waals surface area (Å²) in [4.78, 5) is 6.65. The Morgan fingerprint density at radius 1 is 1.25 bits per heavy atom. The predicted octanol–water partition coefficient (Wildman–Crippen LogP) is 3.93. The second-order valence-electron chi connectivity index (χ2n) is 7.02. The van der Waals surface area contributed by atoms with Crippen LogP contribution in [0.1, 0.15) is 37.7 Å². The molecular formula is C20H27N3O. The minimum Gasteiger partial charge on any atom is -0.489 e. The second kappa shape index (κ2) is 7.22. The molecule has 24 heavy (non-hydrogen) atoms. The van der Waals surface area contributed by atoms with Crippen molar-refractivity contribution in [3.8, 4) is 17.0 Å². The number of nitrogens with two attached hydrogens (primary N) is 1. The fourth-order valence-corrected chi connectivity index (χ4v) is 3.29. The lowest BCUT2D eigenvalue weighted by Gasteiger charge is -2.29. The van der Waals surface area contributed by atoms with Gasteiger partial charge in [0.25, 0.3) is 0 Å². The molecule has 1 fully saturated rings. The number of benzene rings is 1. The number of hydrogen-bond acceptors (Lipinski definition) is 4. The Morgan fingerprint density at radius 3 is 2.67 bits per heavy atom. The van der Waals surface area contributed by atoms with Gasteiger partial charge in [0.05, 0.1) is 5.69 Å². The highest BCUT2D eigenvalue weighted by Gasteiger charge is 2.24. The quantitative estimate of drug-likeness (QED) is 0.874. The average Bonchev–Trinajstić information content (AvgIpc) is 2.44. The number of rotatable bonds is 6. The van der Waals surface area contributed by atoms with Crippen LogP contribution in [-0.4, -0.2) is 36.6 Å². The Bertz CT molecular complexity index is 695. The molecule has 1 atom stereocenters. The third kappa shape index (κ3) is 3.88. The van der Waals surface area contributed by atoms with E-state index in [0.717, 1.165) is 18.0 Å². The number of nitrogens with zero attached hydrogens (tertiary/aromatic N) is 2. The van der Waals surface area contributed by atoms with Crippen molar-refractivity contribution in [2.75, 3.05) is 26.4 Å². The van der Waals surface area contributed by atoms with Gasteiger partial charge < -0.3 is 15.4 Å². The Labute approximate surface area is 144 Å². The molecule has 0 saturated heterocycles. The molecule has 1 aromatic heterocycles. The summed E-state index contributed by atoms with van der Waals surface area (Å²) in [5.41, 5.74) is 9.34. The van der Waals surface area contributed by atoms with E-state index < -0.39 is 0 Å². The van der Waals surface area contributed by atoms with Crippen molar-refractivity contribution in [2.45, 2.75) is 38.2 Å². The van der Waals surface area contributed by atoms with Crippen molar-refractivity contribution < 1.29 is 4.74 Å². The monoisotopic (exact) mass is 325 g/mol. The van der Waals surface area contributed by atoms with Crippen LogP contribution >= 0.6 is 0 Å². The SMILES string of the molecule is CC(CN(C)C)Oc1ccc(-c2cccc(N)n2)c(C2CCC2)c1. The maximum atomic E-state index is 6.11. The lowest BCUT2D eigenvalue weighted by atomic mass is 9.77. The number of anilines is 1. The van der Waals surface area contributed by atoms with E-state index in [0.29, 0.717) is 11.7 Å². The minimum atomic E-state index is 0.158. The Hall–Kier alpha value is -2.07. The van der Waals surface area contributed by atoms with Gasteiger partial charge in [-0.1, -0.05) is 12.5 Å². The molecule has 1 unspecified atom stereocenters. The van der Waals surface area contributed by atoms with Crippen LogP contribution in [-0.2, 0) is 0 Å². The molecule has 128 valence electrons. The molecule has 2 aromatic rings. The largest absolute Gasteiger partial charge is 0.489 e. The fraction of sp³-hybridized carbons (Fsp3) is 0.450. The van der Waals surface area contributed by atoms with Gasteiger partial charge in [-0.05, 0) is 75.7 Å². The number of likely N-dealkylation sites (N-methyl/N-ethyl adjacent to an activating group) is 1. The van der Waals surface area contributed by atoms with Crippen LogP contribution in [0.5, 0.6) is 5.75 Å². The Balaban J connectivity index is 1.89. The van der Waals surface area contributed by atoms with Crippen molar-refractivity contribution in [1.29, 1.82) is 0 Å². The van der Waals surface area contributed by atoms with Crippen LogP contribution < -0.4 is 10.5 Å². The van der Waals surface area contributed by atoms with Gasteiger partial charge in [-0.15, -0.1) is 0 Å². The molecule has 0 amide bonds. The summed E-state index contributed by atoms with van der Waals surface area (Å²) < 4.78 is 6.11. The molecule has 1 aliphatic rings. The summed E-state index contributed by atoms with van der Waals surface area (Å²) in [6, 6.07) is 12.2. The zero-order valence-electron chi connectivity index (χ0n) is 14.8. The number of nitrogen functional groups attached to an aromatic ring is 1. The number of pyridine rings is 1. The Kier molecular flexibility index (Phi) is 5.05. The number of hydrogen-bond donors (Lipinski definition) is 1.